The number of fused-ring (bicyclic) bond motifs is 3. The summed E-state index contributed by atoms with van der Waals surface area (Å²) in [5, 5.41) is 3.14. The summed E-state index contributed by atoms with van der Waals surface area (Å²) in [6, 6.07) is 3.97. The maximum absolute atomic E-state index is 13.0. The summed E-state index contributed by atoms with van der Waals surface area (Å²) in [5.41, 5.74) is -1.21. The van der Waals surface area contributed by atoms with Crippen LogP contribution in [0.3, 0.4) is 0 Å². The summed E-state index contributed by atoms with van der Waals surface area (Å²) < 4.78 is 39.1. The Bertz CT molecular complexity index is 555. The molecular formula is C13H13F3N2O. The highest BCUT2D eigenvalue weighted by Gasteiger charge is 2.51. The van der Waals surface area contributed by atoms with Crippen LogP contribution in [-0.2, 0) is 11.7 Å². The van der Waals surface area contributed by atoms with E-state index in [4.69, 9.17) is 0 Å². The molecule has 6 heteroatoms. The Morgan fingerprint density at radius 1 is 1.37 bits per heavy atom. The fraction of sp³-hybridized carbons (Fsp3) is 0.462. The molecule has 1 amide bonds. The topological polar surface area (TPSA) is 32.3 Å². The fourth-order valence-electron chi connectivity index (χ4n) is 3.03. The van der Waals surface area contributed by atoms with Crippen molar-refractivity contribution in [3.05, 3.63) is 34.9 Å². The monoisotopic (exact) mass is 270 g/mol. The minimum Gasteiger partial charge on any atom is -0.327 e. The number of rotatable bonds is 0. The molecule has 102 valence electrons. The SMILES string of the molecule is C[C@@]12CNCCN1C(=O)c1c(C(F)(F)F)cccc12. The molecule has 3 nitrogen and oxygen atoms in total. The summed E-state index contributed by atoms with van der Waals surface area (Å²) in [7, 11) is 0. The van der Waals surface area contributed by atoms with Crippen LogP contribution in [0.2, 0.25) is 0 Å². The van der Waals surface area contributed by atoms with Gasteiger partial charge in [-0.25, -0.2) is 0 Å². The van der Waals surface area contributed by atoms with Crippen LogP contribution >= 0.6 is 0 Å². The molecule has 1 fully saturated rings. The second kappa shape index (κ2) is 3.72. The Labute approximate surface area is 108 Å². The molecule has 1 N–H and O–H groups in total. The number of carbonyl (C=O) groups excluding carboxylic acids is 1. The van der Waals surface area contributed by atoms with Gasteiger partial charge in [-0.3, -0.25) is 4.79 Å². The lowest BCUT2D eigenvalue weighted by Crippen LogP contribution is -2.55. The van der Waals surface area contributed by atoms with Crippen LogP contribution in [0.4, 0.5) is 13.2 Å². The van der Waals surface area contributed by atoms with E-state index in [1.54, 1.807) is 11.0 Å². The first kappa shape index (κ1) is 12.5. The van der Waals surface area contributed by atoms with Crippen LogP contribution in [0, 0.1) is 0 Å². The molecule has 1 saturated heterocycles. The maximum Gasteiger partial charge on any atom is 0.417 e. The molecule has 0 radical (unpaired) electrons. The molecule has 2 heterocycles. The number of hydrogen-bond acceptors (Lipinski definition) is 2. The van der Waals surface area contributed by atoms with Crippen LogP contribution in [0.1, 0.15) is 28.4 Å². The van der Waals surface area contributed by atoms with E-state index in [-0.39, 0.29) is 5.56 Å². The number of nitrogens with one attached hydrogen (secondary N) is 1. The lowest BCUT2D eigenvalue weighted by atomic mass is 9.88. The highest BCUT2D eigenvalue weighted by molar-refractivity contribution is 6.01. The van der Waals surface area contributed by atoms with Crippen molar-refractivity contribution < 1.29 is 18.0 Å². The Morgan fingerprint density at radius 2 is 2.11 bits per heavy atom. The molecular weight excluding hydrogens is 257 g/mol. The minimum absolute atomic E-state index is 0.179. The van der Waals surface area contributed by atoms with Gasteiger partial charge in [-0.15, -0.1) is 0 Å². The molecule has 0 saturated carbocycles. The van der Waals surface area contributed by atoms with Gasteiger partial charge in [0.05, 0.1) is 16.7 Å². The summed E-state index contributed by atoms with van der Waals surface area (Å²) in [6.07, 6.45) is -4.50. The van der Waals surface area contributed by atoms with Crippen LogP contribution in [0.15, 0.2) is 18.2 Å². The van der Waals surface area contributed by atoms with Crippen LogP contribution in [0.5, 0.6) is 0 Å². The first-order valence-corrected chi connectivity index (χ1v) is 6.09. The minimum atomic E-state index is -4.50. The van der Waals surface area contributed by atoms with Gasteiger partial charge in [0.2, 0.25) is 0 Å². The highest BCUT2D eigenvalue weighted by Crippen LogP contribution is 2.44. The Morgan fingerprint density at radius 3 is 2.79 bits per heavy atom. The predicted molar refractivity (Wildman–Crippen MR) is 62.7 cm³/mol. The zero-order chi connectivity index (χ0) is 13.8. The van der Waals surface area contributed by atoms with Crippen molar-refractivity contribution in [2.45, 2.75) is 18.6 Å². The number of hydrogen-bond donors (Lipinski definition) is 1. The third-order valence-corrected chi connectivity index (χ3v) is 3.99. The normalized spacial score (nSPS) is 26.3. The summed E-state index contributed by atoms with van der Waals surface area (Å²) in [5.74, 6) is -0.507. The van der Waals surface area contributed by atoms with E-state index in [2.05, 4.69) is 5.32 Å². The van der Waals surface area contributed by atoms with E-state index >= 15 is 0 Å². The van der Waals surface area contributed by atoms with Crippen LogP contribution in [0.25, 0.3) is 0 Å². The molecule has 2 aliphatic heterocycles. The van der Waals surface area contributed by atoms with Crippen molar-refractivity contribution in [1.29, 1.82) is 0 Å². The molecule has 1 atom stereocenters. The average Bonchev–Trinajstić information content (AvgIpc) is 2.58. The smallest absolute Gasteiger partial charge is 0.327 e. The van der Waals surface area contributed by atoms with E-state index < -0.39 is 23.2 Å². The molecule has 19 heavy (non-hydrogen) atoms. The van der Waals surface area contributed by atoms with Crippen molar-refractivity contribution in [2.24, 2.45) is 0 Å². The summed E-state index contributed by atoms with van der Waals surface area (Å²) in [4.78, 5) is 13.8. The van der Waals surface area contributed by atoms with Gasteiger partial charge in [-0.05, 0) is 18.6 Å². The van der Waals surface area contributed by atoms with Gasteiger partial charge >= 0.3 is 6.18 Å². The Kier molecular flexibility index (Phi) is 2.44. The van der Waals surface area contributed by atoms with Gasteiger partial charge in [0.1, 0.15) is 0 Å². The van der Waals surface area contributed by atoms with Crippen molar-refractivity contribution in [2.75, 3.05) is 19.6 Å². The number of nitrogens with zero attached hydrogens (tertiary/aromatic N) is 1. The second-order valence-electron chi connectivity index (χ2n) is 5.13. The van der Waals surface area contributed by atoms with Gasteiger partial charge in [0.15, 0.2) is 0 Å². The molecule has 2 aliphatic rings. The van der Waals surface area contributed by atoms with E-state index in [9.17, 15) is 18.0 Å². The first-order chi connectivity index (χ1) is 8.86. The Balaban J connectivity index is 2.24. The number of piperazine rings is 1. The van der Waals surface area contributed by atoms with Crippen molar-refractivity contribution in [1.82, 2.24) is 10.2 Å². The van der Waals surface area contributed by atoms with E-state index in [0.29, 0.717) is 25.2 Å². The zero-order valence-corrected chi connectivity index (χ0v) is 10.3. The van der Waals surface area contributed by atoms with Crippen molar-refractivity contribution in [3.63, 3.8) is 0 Å². The third kappa shape index (κ3) is 1.59. The first-order valence-electron chi connectivity index (χ1n) is 6.09. The number of carbonyl (C=O) groups is 1. The number of halogens is 3. The van der Waals surface area contributed by atoms with E-state index in [0.717, 1.165) is 6.07 Å². The molecule has 1 aromatic carbocycles. The third-order valence-electron chi connectivity index (χ3n) is 3.99. The number of benzene rings is 1. The van der Waals surface area contributed by atoms with Gasteiger partial charge in [0.25, 0.3) is 5.91 Å². The molecule has 0 aromatic heterocycles. The van der Waals surface area contributed by atoms with Crippen molar-refractivity contribution in [3.8, 4) is 0 Å². The fourth-order valence-corrected chi connectivity index (χ4v) is 3.03. The Hall–Kier alpha value is -1.56. The largest absolute Gasteiger partial charge is 0.417 e. The number of alkyl halides is 3. The highest BCUT2D eigenvalue weighted by atomic mass is 19.4. The maximum atomic E-state index is 13.0. The quantitative estimate of drug-likeness (QED) is 0.782. The summed E-state index contributed by atoms with van der Waals surface area (Å²) >= 11 is 0. The molecule has 0 spiro atoms. The second-order valence-corrected chi connectivity index (χ2v) is 5.13. The van der Waals surface area contributed by atoms with E-state index in [1.807, 2.05) is 6.92 Å². The average molecular weight is 270 g/mol. The van der Waals surface area contributed by atoms with Gasteiger partial charge in [-0.2, -0.15) is 13.2 Å². The standard InChI is InChI=1S/C13H13F3N2O/c1-12-7-17-5-6-18(12)11(19)10-8(12)3-2-4-9(10)13(14,15)16/h2-4,17H,5-7H2,1H3/t12-/m0/s1. The van der Waals surface area contributed by atoms with Crippen molar-refractivity contribution >= 4 is 5.91 Å². The van der Waals surface area contributed by atoms with Crippen LogP contribution < -0.4 is 5.32 Å². The number of amides is 1. The van der Waals surface area contributed by atoms with Gasteiger partial charge in [0, 0.05) is 19.6 Å². The molecule has 0 aliphatic carbocycles. The molecule has 0 unspecified atom stereocenters. The lowest BCUT2D eigenvalue weighted by Gasteiger charge is -2.40. The lowest BCUT2D eigenvalue weighted by molar-refractivity contribution is -0.137. The van der Waals surface area contributed by atoms with E-state index in [1.165, 1.54) is 6.07 Å². The molecule has 1 aromatic rings. The molecule has 3 rings (SSSR count). The van der Waals surface area contributed by atoms with Gasteiger partial charge < -0.3 is 10.2 Å². The molecule has 0 bridgehead atoms. The summed E-state index contributed by atoms with van der Waals surface area (Å²) in [6.45, 7) is 3.33. The predicted octanol–water partition coefficient (Wildman–Crippen LogP) is 1.98. The van der Waals surface area contributed by atoms with Gasteiger partial charge in [-0.1, -0.05) is 12.1 Å². The van der Waals surface area contributed by atoms with Crippen LogP contribution in [-0.4, -0.2) is 30.4 Å². The zero-order valence-electron chi connectivity index (χ0n) is 10.3.